The first-order valence-corrected chi connectivity index (χ1v) is 9.36. The normalized spacial score (nSPS) is 21.1. The lowest BCUT2D eigenvalue weighted by molar-refractivity contribution is -0.123. The number of amides is 1. The summed E-state index contributed by atoms with van der Waals surface area (Å²) in [6.07, 6.45) is 6.43. The number of halogens is 1. The highest BCUT2D eigenvalue weighted by Gasteiger charge is 2.55. The van der Waals surface area contributed by atoms with Gasteiger partial charge in [0.15, 0.2) is 5.54 Å². The largest absolute Gasteiger partial charge is 0.356 e. The molecule has 0 fully saturated rings. The molecule has 1 aromatic heterocycles. The van der Waals surface area contributed by atoms with Gasteiger partial charge in [0.2, 0.25) is 0 Å². The lowest BCUT2D eigenvalue weighted by atomic mass is 9.82. The number of rotatable bonds is 1. The predicted octanol–water partition coefficient (Wildman–Crippen LogP) is 3.30. The summed E-state index contributed by atoms with van der Waals surface area (Å²) in [5.74, 6) is 2.61. The summed E-state index contributed by atoms with van der Waals surface area (Å²) in [5, 5.41) is 4.70. The minimum atomic E-state index is -0.914. The van der Waals surface area contributed by atoms with Crippen LogP contribution >= 0.6 is 15.9 Å². The van der Waals surface area contributed by atoms with Crippen molar-refractivity contribution in [3.05, 3.63) is 63.8 Å². The fourth-order valence-corrected chi connectivity index (χ4v) is 4.74. The maximum absolute atomic E-state index is 13.6. The zero-order valence-electron chi connectivity index (χ0n) is 14.0. The van der Waals surface area contributed by atoms with Gasteiger partial charge in [-0.05, 0) is 36.2 Å². The number of terminal acetylenes is 1. The van der Waals surface area contributed by atoms with Crippen molar-refractivity contribution in [3.8, 4) is 12.3 Å². The molecule has 26 heavy (non-hydrogen) atoms. The Morgan fingerprint density at radius 2 is 2.12 bits per heavy atom. The molecule has 3 aromatic rings. The highest BCUT2D eigenvalue weighted by Crippen LogP contribution is 2.48. The lowest BCUT2D eigenvalue weighted by Gasteiger charge is -2.34. The monoisotopic (exact) mass is 405 g/mol. The van der Waals surface area contributed by atoms with E-state index in [1.165, 1.54) is 10.9 Å². The van der Waals surface area contributed by atoms with E-state index in [0.29, 0.717) is 0 Å². The van der Waals surface area contributed by atoms with Crippen molar-refractivity contribution in [3.63, 3.8) is 0 Å². The fraction of sp³-hybridized carbons (Fsp3) is 0.190. The smallest absolute Gasteiger partial charge is 0.259 e. The first-order chi connectivity index (χ1) is 12.7. The van der Waals surface area contributed by atoms with Crippen LogP contribution in [0.1, 0.15) is 16.8 Å². The molecule has 2 aromatic carbocycles. The van der Waals surface area contributed by atoms with Gasteiger partial charge in [0.25, 0.3) is 5.91 Å². The molecule has 1 atom stereocenters. The molecule has 5 rings (SSSR count). The first-order valence-electron chi connectivity index (χ1n) is 8.57. The molecule has 128 valence electrons. The third-order valence-electron chi connectivity index (χ3n) is 5.42. The second kappa shape index (κ2) is 5.47. The summed E-state index contributed by atoms with van der Waals surface area (Å²) < 4.78 is 0.941. The number of aromatic nitrogens is 1. The first kappa shape index (κ1) is 15.7. The van der Waals surface area contributed by atoms with Gasteiger partial charge in [-0.3, -0.25) is 15.0 Å². The van der Waals surface area contributed by atoms with E-state index in [1.54, 1.807) is 4.90 Å². The van der Waals surface area contributed by atoms with Crippen LogP contribution < -0.4 is 10.2 Å². The second-order valence-corrected chi connectivity index (χ2v) is 7.62. The zero-order chi connectivity index (χ0) is 17.9. The molecule has 0 unspecified atom stereocenters. The van der Waals surface area contributed by atoms with Gasteiger partial charge in [0.1, 0.15) is 0 Å². The molecule has 4 nitrogen and oxygen atoms in total. The van der Waals surface area contributed by atoms with Crippen LogP contribution in [0.15, 0.2) is 46.9 Å². The number of carbonyl (C=O) groups excluding carboxylic acids is 1. The molecule has 5 heteroatoms. The van der Waals surface area contributed by atoms with Gasteiger partial charge in [-0.2, -0.15) is 0 Å². The molecular formula is C21H16BrN3O. The fourth-order valence-electron chi connectivity index (χ4n) is 4.37. The van der Waals surface area contributed by atoms with E-state index >= 15 is 0 Å². The number of fused-ring (bicyclic) bond motifs is 6. The molecule has 0 saturated heterocycles. The third kappa shape index (κ3) is 1.86. The minimum Gasteiger partial charge on any atom is -0.356 e. The Balaban J connectivity index is 1.85. The molecule has 2 aliphatic heterocycles. The number of H-pyrrole nitrogens is 1. The number of aromatic amines is 1. The Hall–Kier alpha value is -2.55. The highest BCUT2D eigenvalue weighted by atomic mass is 79.9. The van der Waals surface area contributed by atoms with E-state index < -0.39 is 5.54 Å². The average Bonchev–Trinajstić information content (AvgIpc) is 3.14. The van der Waals surface area contributed by atoms with Crippen molar-refractivity contribution < 1.29 is 4.79 Å². The lowest BCUT2D eigenvalue weighted by Crippen LogP contribution is -2.55. The maximum Gasteiger partial charge on any atom is 0.259 e. The van der Waals surface area contributed by atoms with Crippen LogP contribution in [-0.4, -0.2) is 24.0 Å². The van der Waals surface area contributed by atoms with E-state index in [-0.39, 0.29) is 12.5 Å². The minimum absolute atomic E-state index is 0.0175. The van der Waals surface area contributed by atoms with Crippen LogP contribution in [0.5, 0.6) is 0 Å². The molecule has 0 radical (unpaired) electrons. The number of hydrogen-bond acceptors (Lipinski definition) is 2. The van der Waals surface area contributed by atoms with Gasteiger partial charge in [-0.1, -0.05) is 40.0 Å². The number of anilines is 1. The van der Waals surface area contributed by atoms with Crippen LogP contribution in [0.4, 0.5) is 5.69 Å². The standard InChI is InChI=1S/C21H16BrN3O/c1-2-11-25-18-8-7-13(22)12-16(18)21(20(25)26)19-15(9-10-23-21)14-5-3-4-6-17(14)24-19/h1,3-8,12,23-24H,9-11H2/t21-/m1/s1. The molecule has 1 spiro atoms. The van der Waals surface area contributed by atoms with Crippen LogP contribution in [0.25, 0.3) is 10.9 Å². The Morgan fingerprint density at radius 1 is 1.27 bits per heavy atom. The van der Waals surface area contributed by atoms with Crippen molar-refractivity contribution in [1.82, 2.24) is 10.3 Å². The summed E-state index contributed by atoms with van der Waals surface area (Å²) in [4.78, 5) is 18.8. The molecule has 3 heterocycles. The van der Waals surface area contributed by atoms with E-state index in [0.717, 1.165) is 39.9 Å². The van der Waals surface area contributed by atoms with Gasteiger partial charge < -0.3 is 4.98 Å². The Morgan fingerprint density at radius 3 is 2.96 bits per heavy atom. The molecule has 2 aliphatic rings. The Labute approximate surface area is 159 Å². The number of nitrogens with zero attached hydrogens (tertiary/aromatic N) is 1. The van der Waals surface area contributed by atoms with Crippen LogP contribution in [-0.2, 0) is 16.8 Å². The predicted molar refractivity (Wildman–Crippen MR) is 106 cm³/mol. The number of benzene rings is 2. The molecule has 0 saturated carbocycles. The number of para-hydroxylation sites is 1. The van der Waals surface area contributed by atoms with Crippen molar-refractivity contribution in [2.24, 2.45) is 0 Å². The summed E-state index contributed by atoms with van der Waals surface area (Å²) in [6.45, 7) is 0.989. The van der Waals surface area contributed by atoms with E-state index in [2.05, 4.69) is 44.3 Å². The summed E-state index contributed by atoms with van der Waals surface area (Å²) >= 11 is 3.56. The van der Waals surface area contributed by atoms with Crippen LogP contribution in [0.2, 0.25) is 0 Å². The van der Waals surface area contributed by atoms with Crippen molar-refractivity contribution >= 4 is 38.4 Å². The Kier molecular flexibility index (Phi) is 3.30. The highest BCUT2D eigenvalue weighted by molar-refractivity contribution is 9.10. The van der Waals surface area contributed by atoms with E-state index in [4.69, 9.17) is 6.42 Å². The molecule has 0 aliphatic carbocycles. The quantitative estimate of drug-likeness (QED) is 0.610. The Bertz CT molecular complexity index is 1110. The molecule has 0 bridgehead atoms. The van der Waals surface area contributed by atoms with E-state index in [9.17, 15) is 4.79 Å². The average molecular weight is 406 g/mol. The van der Waals surface area contributed by atoms with Crippen molar-refractivity contribution in [2.45, 2.75) is 12.0 Å². The van der Waals surface area contributed by atoms with E-state index in [1.807, 2.05) is 30.3 Å². The van der Waals surface area contributed by atoms with Crippen LogP contribution in [0, 0.1) is 12.3 Å². The van der Waals surface area contributed by atoms with Crippen molar-refractivity contribution in [1.29, 1.82) is 0 Å². The van der Waals surface area contributed by atoms with Gasteiger partial charge in [-0.15, -0.1) is 6.42 Å². The van der Waals surface area contributed by atoms with Gasteiger partial charge >= 0.3 is 0 Å². The molecule has 2 N–H and O–H groups in total. The number of hydrogen-bond donors (Lipinski definition) is 2. The molecule has 1 amide bonds. The van der Waals surface area contributed by atoms with Gasteiger partial charge in [-0.25, -0.2) is 0 Å². The maximum atomic E-state index is 13.6. The van der Waals surface area contributed by atoms with Crippen LogP contribution in [0.3, 0.4) is 0 Å². The molecular weight excluding hydrogens is 390 g/mol. The third-order valence-corrected chi connectivity index (χ3v) is 5.92. The zero-order valence-corrected chi connectivity index (χ0v) is 15.6. The summed E-state index contributed by atoms with van der Waals surface area (Å²) in [5.41, 5.74) is 4.10. The summed E-state index contributed by atoms with van der Waals surface area (Å²) in [6, 6.07) is 14.2. The topological polar surface area (TPSA) is 48.1 Å². The van der Waals surface area contributed by atoms with Crippen molar-refractivity contribution in [2.75, 3.05) is 18.0 Å². The number of nitrogens with one attached hydrogen (secondary N) is 2. The summed E-state index contributed by atoms with van der Waals surface area (Å²) in [7, 11) is 0. The number of carbonyl (C=O) groups is 1. The second-order valence-electron chi connectivity index (χ2n) is 6.71. The van der Waals surface area contributed by atoms with Gasteiger partial charge in [0, 0.05) is 27.5 Å². The van der Waals surface area contributed by atoms with Gasteiger partial charge in [0.05, 0.1) is 17.9 Å². The SMILES string of the molecule is C#CCN1C(=O)[C@@]2(NCCc3c2[nH]c2ccccc32)c2cc(Br)ccc21.